The molecule has 0 aromatic carbocycles. The van der Waals surface area contributed by atoms with Crippen molar-refractivity contribution in [3.8, 4) is 0 Å². The molecule has 0 heterocycles. The van der Waals surface area contributed by atoms with Gasteiger partial charge in [0.25, 0.3) is 0 Å². The summed E-state index contributed by atoms with van der Waals surface area (Å²) >= 11 is 0. The van der Waals surface area contributed by atoms with E-state index < -0.39 is 0 Å². The number of carbonyl (C=O) groups excluding carboxylic acids is 2. The predicted octanol–water partition coefficient (Wildman–Crippen LogP) is 5.94. The first-order valence-corrected chi connectivity index (χ1v) is 10.5. The smallest absolute Gasteiger partial charge is 0.138 e. The number of ketones is 2. The molecule has 0 aromatic rings. The number of carbonyl (C=O) groups is 2. The summed E-state index contributed by atoms with van der Waals surface area (Å²) in [5, 5.41) is 0.939. The lowest BCUT2D eigenvalue weighted by molar-refractivity contribution is -0.127. The second kappa shape index (κ2) is 9.36. The number of rotatable bonds is 9. The second-order valence-corrected chi connectivity index (χ2v) is 11.4. The third kappa shape index (κ3) is 9.94. The van der Waals surface area contributed by atoms with E-state index >= 15 is 0 Å². The molecule has 2 atom stereocenters. The summed E-state index contributed by atoms with van der Waals surface area (Å²) in [6.45, 7) is 16.3. The standard InChI is InChI=1S/C18H34O2S2/c1-13(9-11-15(19)17(3,4)5)21-22-14(2)10-12-16(20)18(6,7)8/h13-14H,9-12H2,1-8H3. The first-order valence-electron chi connectivity index (χ1n) is 8.22. The van der Waals surface area contributed by atoms with Crippen molar-refractivity contribution < 1.29 is 9.59 Å². The van der Waals surface area contributed by atoms with Crippen LogP contribution in [0.25, 0.3) is 0 Å². The first kappa shape index (κ1) is 22.0. The lowest BCUT2D eigenvalue weighted by Crippen LogP contribution is -2.21. The SMILES string of the molecule is CC(CCC(=O)C(C)(C)C)SSC(C)CCC(=O)C(C)(C)C. The minimum Gasteiger partial charge on any atom is -0.299 e. The number of hydrogen-bond donors (Lipinski definition) is 0. The quantitative estimate of drug-likeness (QED) is 0.484. The van der Waals surface area contributed by atoms with E-state index in [2.05, 4.69) is 13.8 Å². The van der Waals surface area contributed by atoms with Gasteiger partial charge in [-0.3, -0.25) is 9.59 Å². The Kier molecular flexibility index (Phi) is 9.38. The molecule has 4 heteroatoms. The molecule has 2 unspecified atom stereocenters. The molecule has 0 radical (unpaired) electrons. The molecule has 0 aliphatic rings. The van der Waals surface area contributed by atoms with Gasteiger partial charge in [0.05, 0.1) is 0 Å². The van der Waals surface area contributed by atoms with Crippen molar-refractivity contribution in [2.24, 2.45) is 10.8 Å². The lowest BCUT2D eigenvalue weighted by Gasteiger charge is -2.20. The van der Waals surface area contributed by atoms with E-state index in [0.29, 0.717) is 34.9 Å². The van der Waals surface area contributed by atoms with E-state index in [1.165, 1.54) is 0 Å². The molecule has 130 valence electrons. The zero-order chi connectivity index (χ0) is 17.6. The second-order valence-electron chi connectivity index (χ2n) is 8.24. The maximum Gasteiger partial charge on any atom is 0.138 e. The highest BCUT2D eigenvalue weighted by Gasteiger charge is 2.23. The fourth-order valence-electron chi connectivity index (χ4n) is 1.70. The summed E-state index contributed by atoms with van der Waals surface area (Å²) in [5.41, 5.74) is -0.448. The molecule has 0 amide bonds. The summed E-state index contributed by atoms with van der Waals surface area (Å²) < 4.78 is 0. The summed E-state index contributed by atoms with van der Waals surface area (Å²) in [6, 6.07) is 0. The van der Waals surface area contributed by atoms with Crippen LogP contribution in [0.5, 0.6) is 0 Å². The molecule has 0 fully saturated rings. The topological polar surface area (TPSA) is 34.1 Å². The highest BCUT2D eigenvalue weighted by Crippen LogP contribution is 2.35. The van der Waals surface area contributed by atoms with Gasteiger partial charge in [-0.25, -0.2) is 0 Å². The Morgan fingerprint density at radius 3 is 1.23 bits per heavy atom. The molecule has 0 rings (SSSR count). The molecule has 0 aromatic heterocycles. The Morgan fingerprint density at radius 1 is 0.727 bits per heavy atom. The van der Waals surface area contributed by atoms with Gasteiger partial charge >= 0.3 is 0 Å². The van der Waals surface area contributed by atoms with Crippen molar-refractivity contribution in [2.45, 2.75) is 91.6 Å². The highest BCUT2D eigenvalue weighted by molar-refractivity contribution is 8.77. The van der Waals surface area contributed by atoms with Crippen LogP contribution in [0.2, 0.25) is 0 Å². The van der Waals surface area contributed by atoms with E-state index in [4.69, 9.17) is 0 Å². The van der Waals surface area contributed by atoms with Crippen LogP contribution in [-0.4, -0.2) is 22.1 Å². The summed E-state index contributed by atoms with van der Waals surface area (Å²) in [5.74, 6) is 0.683. The number of Topliss-reactive ketones (excluding diaryl/α,β-unsaturated/α-hetero) is 2. The van der Waals surface area contributed by atoms with E-state index in [1.54, 1.807) is 0 Å². The van der Waals surface area contributed by atoms with E-state index in [9.17, 15) is 9.59 Å². The van der Waals surface area contributed by atoms with Crippen molar-refractivity contribution in [3.63, 3.8) is 0 Å². The number of hydrogen-bond acceptors (Lipinski definition) is 4. The molecule has 22 heavy (non-hydrogen) atoms. The van der Waals surface area contributed by atoms with Gasteiger partial charge in [-0.2, -0.15) is 0 Å². The minimum absolute atomic E-state index is 0.224. The fourth-order valence-corrected chi connectivity index (χ4v) is 4.23. The summed E-state index contributed by atoms with van der Waals surface area (Å²) in [4.78, 5) is 23.9. The monoisotopic (exact) mass is 346 g/mol. The highest BCUT2D eigenvalue weighted by atomic mass is 33.1. The maximum atomic E-state index is 11.9. The zero-order valence-electron chi connectivity index (χ0n) is 15.6. The fraction of sp³-hybridized carbons (Fsp3) is 0.889. The lowest BCUT2D eigenvalue weighted by atomic mass is 9.88. The summed E-state index contributed by atoms with van der Waals surface area (Å²) in [6.07, 6.45) is 3.19. The normalized spacial score (nSPS) is 15.5. The van der Waals surface area contributed by atoms with Gasteiger partial charge < -0.3 is 0 Å². The third-order valence-corrected chi connectivity index (χ3v) is 7.16. The van der Waals surface area contributed by atoms with Gasteiger partial charge in [0, 0.05) is 34.2 Å². The van der Waals surface area contributed by atoms with Crippen LogP contribution in [0.15, 0.2) is 0 Å². The van der Waals surface area contributed by atoms with E-state index in [0.717, 1.165) is 12.8 Å². The zero-order valence-corrected chi connectivity index (χ0v) is 17.2. The Bertz CT molecular complexity index is 328. The molecular formula is C18H34O2S2. The average Bonchev–Trinajstić information content (AvgIpc) is 2.37. The van der Waals surface area contributed by atoms with E-state index in [1.807, 2.05) is 63.1 Å². The van der Waals surface area contributed by atoms with Gasteiger partial charge in [0.1, 0.15) is 11.6 Å². The first-order chi connectivity index (χ1) is 9.84. The molecule has 0 aliphatic heterocycles. The molecule has 0 saturated heterocycles. The van der Waals surface area contributed by atoms with Crippen molar-refractivity contribution >= 4 is 33.2 Å². The van der Waals surface area contributed by atoms with Gasteiger partial charge in [-0.1, -0.05) is 77.0 Å². The molecule has 0 N–H and O–H groups in total. The van der Waals surface area contributed by atoms with Crippen LogP contribution < -0.4 is 0 Å². The van der Waals surface area contributed by atoms with Crippen molar-refractivity contribution in [2.75, 3.05) is 0 Å². The van der Waals surface area contributed by atoms with Gasteiger partial charge in [-0.05, 0) is 12.8 Å². The molecule has 0 spiro atoms. The van der Waals surface area contributed by atoms with Crippen LogP contribution in [0.3, 0.4) is 0 Å². The van der Waals surface area contributed by atoms with Crippen LogP contribution in [-0.2, 0) is 9.59 Å². The van der Waals surface area contributed by atoms with Crippen LogP contribution >= 0.6 is 21.6 Å². The van der Waals surface area contributed by atoms with Crippen molar-refractivity contribution in [1.82, 2.24) is 0 Å². The van der Waals surface area contributed by atoms with Crippen LogP contribution in [0, 0.1) is 10.8 Å². The van der Waals surface area contributed by atoms with Gasteiger partial charge in [-0.15, -0.1) is 0 Å². The molecular weight excluding hydrogens is 312 g/mol. The minimum atomic E-state index is -0.224. The van der Waals surface area contributed by atoms with Crippen molar-refractivity contribution in [1.29, 1.82) is 0 Å². The predicted molar refractivity (Wildman–Crippen MR) is 101 cm³/mol. The Morgan fingerprint density at radius 2 is 1.00 bits per heavy atom. The molecule has 0 aliphatic carbocycles. The van der Waals surface area contributed by atoms with E-state index in [-0.39, 0.29) is 10.8 Å². The van der Waals surface area contributed by atoms with Gasteiger partial charge in [0.2, 0.25) is 0 Å². The van der Waals surface area contributed by atoms with Gasteiger partial charge in [0.15, 0.2) is 0 Å². The molecule has 0 saturated carbocycles. The Hall–Kier alpha value is 0.0400. The molecule has 2 nitrogen and oxygen atoms in total. The molecule has 0 bridgehead atoms. The Balaban J connectivity index is 3.93. The third-order valence-electron chi connectivity index (χ3n) is 3.61. The average molecular weight is 347 g/mol. The van der Waals surface area contributed by atoms with Crippen LogP contribution in [0.1, 0.15) is 81.1 Å². The summed E-state index contributed by atoms with van der Waals surface area (Å²) in [7, 11) is 3.70. The van der Waals surface area contributed by atoms with Crippen LogP contribution in [0.4, 0.5) is 0 Å². The largest absolute Gasteiger partial charge is 0.299 e. The Labute approximate surface area is 145 Å². The van der Waals surface area contributed by atoms with Crippen molar-refractivity contribution in [3.05, 3.63) is 0 Å². The maximum absolute atomic E-state index is 11.9.